The van der Waals surface area contributed by atoms with Crippen molar-refractivity contribution in [1.29, 1.82) is 0 Å². The molecule has 2 unspecified atom stereocenters. The highest BCUT2D eigenvalue weighted by molar-refractivity contribution is 6.04. The minimum atomic E-state index is -0.757. The van der Waals surface area contributed by atoms with Crippen LogP contribution >= 0.6 is 0 Å². The van der Waals surface area contributed by atoms with E-state index in [4.69, 9.17) is 9.84 Å². The van der Waals surface area contributed by atoms with Gasteiger partial charge in [0, 0.05) is 37.4 Å². The maximum Gasteiger partial charge on any atom is 0.289 e. The molecule has 4 rings (SSSR count). The van der Waals surface area contributed by atoms with Gasteiger partial charge >= 0.3 is 0 Å². The Morgan fingerprint density at radius 1 is 1.34 bits per heavy atom. The lowest BCUT2D eigenvalue weighted by molar-refractivity contribution is -0.765. The molecule has 0 bridgehead atoms. The predicted octanol–water partition coefficient (Wildman–Crippen LogP) is -0.281. The van der Waals surface area contributed by atoms with Gasteiger partial charge in [-0.3, -0.25) is 9.59 Å². The fourth-order valence-electron chi connectivity index (χ4n) is 3.41. The largest absolute Gasteiger partial charge is 0.400 e. The lowest BCUT2D eigenvalue weighted by atomic mass is 10.1. The smallest absolute Gasteiger partial charge is 0.289 e. The highest BCUT2D eigenvalue weighted by Crippen LogP contribution is 2.24. The lowest BCUT2D eigenvalue weighted by Crippen LogP contribution is -2.44. The van der Waals surface area contributed by atoms with E-state index in [1.807, 2.05) is 0 Å². The Bertz CT molecular complexity index is 904. The summed E-state index contributed by atoms with van der Waals surface area (Å²) in [6.07, 6.45) is 1.82. The summed E-state index contributed by atoms with van der Waals surface area (Å²) in [4.78, 5) is 24.2. The van der Waals surface area contributed by atoms with Crippen molar-refractivity contribution in [1.82, 2.24) is 5.32 Å². The van der Waals surface area contributed by atoms with Gasteiger partial charge in [0.15, 0.2) is 12.4 Å². The van der Waals surface area contributed by atoms with Crippen molar-refractivity contribution < 1.29 is 34.2 Å². The summed E-state index contributed by atoms with van der Waals surface area (Å²) in [6, 6.07) is 8.51. The maximum atomic E-state index is 12.6. The van der Waals surface area contributed by atoms with E-state index in [2.05, 4.69) is 10.6 Å². The maximum absolute atomic E-state index is 12.6. The van der Waals surface area contributed by atoms with E-state index < -0.39 is 18.4 Å². The topological polar surface area (TPSA) is 132 Å². The van der Waals surface area contributed by atoms with Crippen molar-refractivity contribution in [3.8, 4) is 0 Å². The Kier molecular flexibility index (Phi) is 6.55. The highest BCUT2D eigenvalue weighted by Gasteiger charge is 2.40. The van der Waals surface area contributed by atoms with Gasteiger partial charge in [0.25, 0.3) is 18.0 Å². The third-order valence-corrected chi connectivity index (χ3v) is 4.79. The molecule has 29 heavy (non-hydrogen) atoms. The Hall–Kier alpha value is -2.85. The predicted molar refractivity (Wildman–Crippen MR) is 102 cm³/mol. The fourth-order valence-corrected chi connectivity index (χ4v) is 3.41. The second-order valence-electron chi connectivity index (χ2n) is 6.68. The summed E-state index contributed by atoms with van der Waals surface area (Å²) in [5.41, 5.74) is 2.47. The zero-order chi connectivity index (χ0) is 21.0. The number of aliphatic hydroxyl groups is 3. The number of amides is 2. The molecule has 0 saturated carbocycles. The third-order valence-electron chi connectivity index (χ3n) is 4.79. The van der Waals surface area contributed by atoms with Gasteiger partial charge in [-0.15, -0.1) is 0 Å². The van der Waals surface area contributed by atoms with Crippen LogP contribution in [0.5, 0.6) is 0 Å². The van der Waals surface area contributed by atoms with Crippen molar-refractivity contribution in [2.45, 2.75) is 31.4 Å². The zero-order valence-corrected chi connectivity index (χ0v) is 15.9. The minimum absolute atomic E-state index is 0.108. The van der Waals surface area contributed by atoms with Gasteiger partial charge in [0.2, 0.25) is 0 Å². The van der Waals surface area contributed by atoms with Crippen LogP contribution in [0.25, 0.3) is 0 Å². The molecule has 2 aliphatic heterocycles. The van der Waals surface area contributed by atoms with Crippen LogP contribution in [0.4, 0.5) is 5.69 Å². The SMILES string of the molecule is CO.O=C(Nc1ccc2c(c1)CNC2=O)c1ccc[n+](C2OC(CO)C[C@H]2O)c1. The summed E-state index contributed by atoms with van der Waals surface area (Å²) in [6.45, 7) is 0.288. The van der Waals surface area contributed by atoms with Crippen LogP contribution in [0.3, 0.4) is 0 Å². The summed E-state index contributed by atoms with van der Waals surface area (Å²) in [7, 11) is 1.00. The van der Waals surface area contributed by atoms with Crippen LogP contribution < -0.4 is 15.2 Å². The first-order valence-electron chi connectivity index (χ1n) is 9.17. The molecule has 1 aromatic carbocycles. The molecule has 0 radical (unpaired) electrons. The van der Waals surface area contributed by atoms with Crippen molar-refractivity contribution in [3.63, 3.8) is 0 Å². The second-order valence-corrected chi connectivity index (χ2v) is 6.68. The average Bonchev–Trinajstić information content (AvgIpc) is 3.32. The van der Waals surface area contributed by atoms with Gasteiger partial charge in [-0.1, -0.05) is 0 Å². The summed E-state index contributed by atoms with van der Waals surface area (Å²) in [5, 5.41) is 31.9. The molecule has 9 nitrogen and oxygen atoms in total. The number of carbonyl (C=O) groups excluding carboxylic acids is 2. The summed E-state index contributed by atoms with van der Waals surface area (Å²) in [5.74, 6) is -0.420. The molecule has 9 heteroatoms. The number of pyridine rings is 1. The molecule has 1 saturated heterocycles. The van der Waals surface area contributed by atoms with Crippen LogP contribution in [0, 0.1) is 0 Å². The lowest BCUT2D eigenvalue weighted by Gasteiger charge is -2.11. The molecule has 3 atom stereocenters. The van der Waals surface area contributed by atoms with E-state index in [1.165, 1.54) is 0 Å². The van der Waals surface area contributed by atoms with Gasteiger partial charge in [0.1, 0.15) is 11.7 Å². The zero-order valence-electron chi connectivity index (χ0n) is 15.9. The first-order chi connectivity index (χ1) is 14.0. The quantitative estimate of drug-likeness (QED) is 0.447. The summed E-state index contributed by atoms with van der Waals surface area (Å²) < 4.78 is 7.24. The molecule has 154 valence electrons. The third kappa shape index (κ3) is 4.43. The van der Waals surface area contributed by atoms with Crippen LogP contribution in [-0.2, 0) is 11.3 Å². The number of aliphatic hydroxyl groups excluding tert-OH is 3. The minimum Gasteiger partial charge on any atom is -0.400 e. The second kappa shape index (κ2) is 9.10. The number of carbonyl (C=O) groups is 2. The normalized spacial score (nSPS) is 22.3. The Labute approximate surface area is 167 Å². The van der Waals surface area contributed by atoms with Gasteiger partial charge in [-0.25, -0.2) is 0 Å². The van der Waals surface area contributed by atoms with E-state index in [0.29, 0.717) is 29.8 Å². The first kappa shape index (κ1) is 20.9. The number of benzene rings is 1. The first-order valence-corrected chi connectivity index (χ1v) is 9.17. The molecular weight excluding hydrogens is 378 g/mol. The number of rotatable bonds is 4. The van der Waals surface area contributed by atoms with Gasteiger partial charge in [0.05, 0.1) is 12.7 Å². The van der Waals surface area contributed by atoms with Crippen molar-refractivity contribution in [3.05, 3.63) is 59.4 Å². The molecule has 0 spiro atoms. The Morgan fingerprint density at radius 2 is 2.14 bits per heavy atom. The summed E-state index contributed by atoms with van der Waals surface area (Å²) >= 11 is 0. The number of fused-ring (bicyclic) bond motifs is 1. The van der Waals surface area contributed by atoms with Crippen LogP contribution in [-0.4, -0.2) is 53.1 Å². The van der Waals surface area contributed by atoms with E-state index in [0.717, 1.165) is 12.7 Å². The molecular formula is C20H24N3O6+. The average molecular weight is 402 g/mol. The molecule has 2 aliphatic rings. The van der Waals surface area contributed by atoms with E-state index >= 15 is 0 Å². The van der Waals surface area contributed by atoms with Crippen molar-refractivity contribution in [2.24, 2.45) is 0 Å². The molecule has 3 heterocycles. The van der Waals surface area contributed by atoms with E-state index in [-0.39, 0.29) is 18.4 Å². The number of ether oxygens (including phenoxy) is 1. The van der Waals surface area contributed by atoms with Gasteiger partial charge < -0.3 is 30.7 Å². The number of nitrogens with zero attached hydrogens (tertiary/aromatic N) is 1. The van der Waals surface area contributed by atoms with Crippen LogP contribution in [0.15, 0.2) is 42.7 Å². The number of hydrogen-bond donors (Lipinski definition) is 5. The van der Waals surface area contributed by atoms with E-state index in [9.17, 15) is 19.8 Å². The number of hydrogen-bond acceptors (Lipinski definition) is 6. The van der Waals surface area contributed by atoms with E-state index in [1.54, 1.807) is 47.3 Å². The number of anilines is 1. The fraction of sp³-hybridized carbons (Fsp3) is 0.350. The number of aromatic nitrogens is 1. The highest BCUT2D eigenvalue weighted by atomic mass is 16.5. The molecule has 1 fully saturated rings. The van der Waals surface area contributed by atoms with Crippen molar-refractivity contribution >= 4 is 17.5 Å². The molecule has 5 N–H and O–H groups in total. The molecule has 0 aliphatic carbocycles. The monoisotopic (exact) mass is 402 g/mol. The molecule has 2 aromatic rings. The Balaban J connectivity index is 0.00000117. The molecule has 1 aromatic heterocycles. The van der Waals surface area contributed by atoms with Crippen LogP contribution in [0.2, 0.25) is 0 Å². The van der Waals surface area contributed by atoms with Crippen LogP contribution in [0.1, 0.15) is 38.9 Å². The van der Waals surface area contributed by atoms with Crippen molar-refractivity contribution in [2.75, 3.05) is 19.0 Å². The number of nitrogens with one attached hydrogen (secondary N) is 2. The van der Waals surface area contributed by atoms with Gasteiger partial charge in [-0.2, -0.15) is 4.57 Å². The Morgan fingerprint density at radius 3 is 2.86 bits per heavy atom. The van der Waals surface area contributed by atoms with Gasteiger partial charge in [-0.05, 0) is 29.8 Å². The standard InChI is InChI=1S/C19H19N3O5.CH4O/c23-10-14-7-16(24)19(27-14)22-5-1-2-11(9-22)17(25)21-13-3-4-15-12(6-13)8-20-18(15)26;1-2/h1-6,9,14,16,19,23-24H,7-8,10H2,(H-,20,21,25,26);2H,1H3/p+1/t14?,16-,19?;/m1./s1. The molecule has 2 amide bonds.